The molecule has 0 aliphatic rings. The van der Waals surface area contributed by atoms with Gasteiger partial charge in [-0.2, -0.15) is 0 Å². The van der Waals surface area contributed by atoms with E-state index in [1.54, 1.807) is 0 Å². The van der Waals surface area contributed by atoms with E-state index in [1.165, 1.54) is 18.5 Å². The Hall–Kier alpha value is -2.04. The Morgan fingerprint density at radius 1 is 1.07 bits per heavy atom. The van der Waals surface area contributed by atoms with Crippen LogP contribution >= 0.6 is 0 Å². The van der Waals surface area contributed by atoms with Gasteiger partial charge >= 0.3 is 0 Å². The maximum absolute atomic E-state index is 13.4. The fourth-order valence-electron chi connectivity index (χ4n) is 1.24. The fraction of sp³-hybridized carbons (Fsp3) is 0. The van der Waals surface area contributed by atoms with Gasteiger partial charge in [-0.25, -0.2) is 13.8 Å². The lowest BCUT2D eigenvalue weighted by atomic mass is 10.1. The zero-order valence-corrected chi connectivity index (χ0v) is 7.61. The predicted octanol–water partition coefficient (Wildman–Crippen LogP) is 2.00. The number of hydrogen-bond donors (Lipinski definition) is 1. The van der Waals surface area contributed by atoms with Crippen molar-refractivity contribution < 1.29 is 8.78 Å². The maximum atomic E-state index is 13.4. The second kappa shape index (κ2) is 3.61. The standard InChI is InChI=1S/C10H7F2N3/c11-6-1-2-7(8(12)5-6)9-10(13)15-4-3-14-9/h1-5H,(H2,13,15). The zero-order chi connectivity index (χ0) is 10.8. The fourth-order valence-corrected chi connectivity index (χ4v) is 1.24. The number of nitrogen functional groups attached to an aromatic ring is 1. The Kier molecular flexibility index (Phi) is 2.29. The van der Waals surface area contributed by atoms with E-state index in [1.807, 2.05) is 0 Å². The number of hydrogen-bond acceptors (Lipinski definition) is 3. The summed E-state index contributed by atoms with van der Waals surface area (Å²) >= 11 is 0. The van der Waals surface area contributed by atoms with Crippen LogP contribution in [0.3, 0.4) is 0 Å². The Balaban J connectivity index is 2.60. The van der Waals surface area contributed by atoms with Crippen molar-refractivity contribution in [3.63, 3.8) is 0 Å². The maximum Gasteiger partial charge on any atom is 0.150 e. The molecule has 1 heterocycles. The van der Waals surface area contributed by atoms with Crippen molar-refractivity contribution in [2.75, 3.05) is 5.73 Å². The molecule has 15 heavy (non-hydrogen) atoms. The van der Waals surface area contributed by atoms with Crippen molar-refractivity contribution in [2.24, 2.45) is 0 Å². The number of nitrogens with zero attached hydrogens (tertiary/aromatic N) is 2. The third-order valence-corrected chi connectivity index (χ3v) is 1.91. The molecule has 2 aromatic rings. The van der Waals surface area contributed by atoms with Crippen LogP contribution in [-0.4, -0.2) is 9.97 Å². The molecular formula is C10H7F2N3. The van der Waals surface area contributed by atoms with Gasteiger partial charge < -0.3 is 5.73 Å². The molecule has 0 aliphatic carbocycles. The molecule has 0 atom stereocenters. The molecule has 5 heteroatoms. The summed E-state index contributed by atoms with van der Waals surface area (Å²) in [5, 5.41) is 0. The first-order chi connectivity index (χ1) is 7.18. The van der Waals surface area contributed by atoms with Crippen molar-refractivity contribution in [1.29, 1.82) is 0 Å². The number of aromatic nitrogens is 2. The van der Waals surface area contributed by atoms with E-state index in [0.717, 1.165) is 12.1 Å². The Labute approximate surface area is 84.6 Å². The second-order valence-corrected chi connectivity index (χ2v) is 2.91. The van der Waals surface area contributed by atoms with Crippen LogP contribution in [0, 0.1) is 11.6 Å². The lowest BCUT2D eigenvalue weighted by molar-refractivity contribution is 0.585. The zero-order valence-electron chi connectivity index (χ0n) is 7.61. The summed E-state index contributed by atoms with van der Waals surface area (Å²) in [7, 11) is 0. The largest absolute Gasteiger partial charge is 0.382 e. The summed E-state index contributed by atoms with van der Waals surface area (Å²) in [6.07, 6.45) is 2.80. The molecule has 0 unspecified atom stereocenters. The predicted molar refractivity (Wildman–Crippen MR) is 51.8 cm³/mol. The molecule has 0 radical (unpaired) electrons. The molecule has 1 aromatic heterocycles. The van der Waals surface area contributed by atoms with E-state index in [9.17, 15) is 8.78 Å². The van der Waals surface area contributed by atoms with E-state index in [-0.39, 0.29) is 17.1 Å². The molecule has 1 aromatic carbocycles. The highest BCUT2D eigenvalue weighted by atomic mass is 19.1. The lowest BCUT2D eigenvalue weighted by Gasteiger charge is -2.04. The van der Waals surface area contributed by atoms with Crippen LogP contribution in [0.4, 0.5) is 14.6 Å². The lowest BCUT2D eigenvalue weighted by Crippen LogP contribution is -1.97. The molecule has 2 N–H and O–H groups in total. The molecule has 0 aliphatic heterocycles. The molecule has 0 spiro atoms. The van der Waals surface area contributed by atoms with E-state index in [4.69, 9.17) is 5.73 Å². The van der Waals surface area contributed by atoms with E-state index in [0.29, 0.717) is 0 Å². The first kappa shape index (κ1) is 9.51. The van der Waals surface area contributed by atoms with Gasteiger partial charge in [0.1, 0.15) is 23.1 Å². The van der Waals surface area contributed by atoms with Crippen molar-refractivity contribution in [3.05, 3.63) is 42.2 Å². The van der Waals surface area contributed by atoms with Crippen molar-refractivity contribution >= 4 is 5.82 Å². The summed E-state index contributed by atoms with van der Waals surface area (Å²) in [6, 6.07) is 3.21. The smallest absolute Gasteiger partial charge is 0.150 e. The highest BCUT2D eigenvalue weighted by Crippen LogP contribution is 2.24. The number of halogens is 2. The number of anilines is 1. The molecule has 0 saturated heterocycles. The quantitative estimate of drug-likeness (QED) is 0.778. The van der Waals surface area contributed by atoms with Gasteiger partial charge in [-0.05, 0) is 12.1 Å². The minimum atomic E-state index is -0.706. The third kappa shape index (κ3) is 1.76. The van der Waals surface area contributed by atoms with Crippen LogP contribution in [0.15, 0.2) is 30.6 Å². The summed E-state index contributed by atoms with van der Waals surface area (Å²) in [6.45, 7) is 0. The van der Waals surface area contributed by atoms with Crippen LogP contribution in [0.1, 0.15) is 0 Å². The molecule has 3 nitrogen and oxygen atoms in total. The molecule has 0 saturated carbocycles. The molecule has 76 valence electrons. The van der Waals surface area contributed by atoms with Crippen LogP contribution < -0.4 is 5.73 Å². The van der Waals surface area contributed by atoms with Gasteiger partial charge in [0.15, 0.2) is 0 Å². The van der Waals surface area contributed by atoms with Crippen molar-refractivity contribution in [2.45, 2.75) is 0 Å². The van der Waals surface area contributed by atoms with Crippen LogP contribution in [0.5, 0.6) is 0 Å². The normalized spacial score (nSPS) is 10.3. The molecule has 0 bridgehead atoms. The average molecular weight is 207 g/mol. The van der Waals surface area contributed by atoms with Crippen LogP contribution in [-0.2, 0) is 0 Å². The van der Waals surface area contributed by atoms with Gasteiger partial charge in [0, 0.05) is 24.0 Å². The topological polar surface area (TPSA) is 51.8 Å². The van der Waals surface area contributed by atoms with E-state index in [2.05, 4.69) is 9.97 Å². The molecular weight excluding hydrogens is 200 g/mol. The second-order valence-electron chi connectivity index (χ2n) is 2.91. The van der Waals surface area contributed by atoms with Gasteiger partial charge in [-0.1, -0.05) is 0 Å². The minimum absolute atomic E-state index is 0.114. The van der Waals surface area contributed by atoms with Crippen LogP contribution in [0.2, 0.25) is 0 Å². The monoisotopic (exact) mass is 207 g/mol. The average Bonchev–Trinajstić information content (AvgIpc) is 2.20. The SMILES string of the molecule is Nc1nccnc1-c1ccc(F)cc1F. The minimum Gasteiger partial charge on any atom is -0.382 e. The van der Waals surface area contributed by atoms with Gasteiger partial charge in [-0.3, -0.25) is 4.98 Å². The molecule has 2 rings (SSSR count). The highest BCUT2D eigenvalue weighted by molar-refractivity contribution is 5.69. The first-order valence-electron chi connectivity index (χ1n) is 4.20. The summed E-state index contributed by atoms with van der Waals surface area (Å²) in [5.41, 5.74) is 5.88. The van der Waals surface area contributed by atoms with Gasteiger partial charge in [0.2, 0.25) is 0 Å². The highest BCUT2D eigenvalue weighted by Gasteiger charge is 2.10. The van der Waals surface area contributed by atoms with Crippen molar-refractivity contribution in [1.82, 2.24) is 9.97 Å². The summed E-state index contributed by atoms with van der Waals surface area (Å²) < 4.78 is 26.0. The summed E-state index contributed by atoms with van der Waals surface area (Å²) in [4.78, 5) is 7.66. The Morgan fingerprint density at radius 3 is 2.47 bits per heavy atom. The Bertz CT molecular complexity index is 500. The molecule has 0 fully saturated rings. The molecule has 0 amide bonds. The van der Waals surface area contributed by atoms with Crippen LogP contribution in [0.25, 0.3) is 11.3 Å². The number of rotatable bonds is 1. The first-order valence-corrected chi connectivity index (χ1v) is 4.20. The number of benzene rings is 1. The number of nitrogens with two attached hydrogens (primary N) is 1. The Morgan fingerprint density at radius 2 is 1.80 bits per heavy atom. The summed E-state index contributed by atoms with van der Waals surface area (Å²) in [5.74, 6) is -1.23. The van der Waals surface area contributed by atoms with Crippen molar-refractivity contribution in [3.8, 4) is 11.3 Å². The third-order valence-electron chi connectivity index (χ3n) is 1.91. The van der Waals surface area contributed by atoms with Gasteiger partial charge in [0.05, 0.1) is 0 Å². The van der Waals surface area contributed by atoms with E-state index < -0.39 is 11.6 Å². The van der Waals surface area contributed by atoms with Gasteiger partial charge in [-0.15, -0.1) is 0 Å². The van der Waals surface area contributed by atoms with Gasteiger partial charge in [0.25, 0.3) is 0 Å². The van der Waals surface area contributed by atoms with E-state index >= 15 is 0 Å².